The lowest BCUT2D eigenvalue weighted by atomic mass is 9.85. The van der Waals surface area contributed by atoms with E-state index in [9.17, 15) is 4.79 Å². The van der Waals surface area contributed by atoms with Crippen LogP contribution in [0.1, 0.15) is 52.9 Å². The first-order valence-electron chi connectivity index (χ1n) is 6.00. The quantitative estimate of drug-likeness (QED) is 0.481. The van der Waals surface area contributed by atoms with Crippen LogP contribution in [0, 0.1) is 5.41 Å². The maximum absolute atomic E-state index is 10.5. The topological polar surface area (TPSA) is 43.1 Å². The van der Waals surface area contributed by atoms with E-state index in [0.29, 0.717) is 11.8 Å². The SMILES string of the molecule is CCCC(C)(C)CCSSCCCC(N)=O. The molecule has 2 N–H and O–H groups in total. The second kappa shape index (κ2) is 9.23. The third-order valence-electron chi connectivity index (χ3n) is 2.52. The van der Waals surface area contributed by atoms with Gasteiger partial charge in [-0.2, -0.15) is 0 Å². The lowest BCUT2D eigenvalue weighted by Crippen LogP contribution is -2.11. The van der Waals surface area contributed by atoms with Gasteiger partial charge in [0.2, 0.25) is 5.91 Å². The number of amides is 1. The van der Waals surface area contributed by atoms with E-state index in [0.717, 1.165) is 12.2 Å². The first-order chi connectivity index (χ1) is 7.48. The molecule has 16 heavy (non-hydrogen) atoms. The van der Waals surface area contributed by atoms with E-state index in [4.69, 9.17) is 5.73 Å². The van der Waals surface area contributed by atoms with Gasteiger partial charge in [0.15, 0.2) is 0 Å². The van der Waals surface area contributed by atoms with Crippen molar-refractivity contribution in [3.05, 3.63) is 0 Å². The molecule has 0 radical (unpaired) electrons. The van der Waals surface area contributed by atoms with Crippen molar-refractivity contribution in [3.8, 4) is 0 Å². The zero-order chi connectivity index (χ0) is 12.4. The summed E-state index contributed by atoms with van der Waals surface area (Å²) in [4.78, 5) is 10.5. The Morgan fingerprint density at radius 2 is 1.81 bits per heavy atom. The molecule has 0 aromatic carbocycles. The molecule has 0 aliphatic carbocycles. The van der Waals surface area contributed by atoms with Crippen LogP contribution in [-0.2, 0) is 4.79 Å². The molecule has 0 aromatic rings. The first kappa shape index (κ1) is 16.2. The fourth-order valence-corrected chi connectivity index (χ4v) is 3.99. The number of hydrogen-bond donors (Lipinski definition) is 1. The molecule has 0 atom stereocenters. The Morgan fingerprint density at radius 1 is 1.19 bits per heavy atom. The average molecular weight is 263 g/mol. The minimum Gasteiger partial charge on any atom is -0.370 e. The molecule has 1 amide bonds. The molecule has 0 aliphatic heterocycles. The molecule has 0 aliphatic rings. The molecule has 0 spiro atoms. The summed E-state index contributed by atoms with van der Waals surface area (Å²) in [6.07, 6.45) is 5.28. The normalized spacial score (nSPS) is 11.7. The highest BCUT2D eigenvalue weighted by molar-refractivity contribution is 8.76. The van der Waals surface area contributed by atoms with E-state index in [2.05, 4.69) is 20.8 Å². The second-order valence-electron chi connectivity index (χ2n) is 4.88. The number of nitrogens with two attached hydrogens (primary N) is 1. The summed E-state index contributed by atoms with van der Waals surface area (Å²) < 4.78 is 0. The lowest BCUT2D eigenvalue weighted by molar-refractivity contribution is -0.118. The third-order valence-corrected chi connectivity index (χ3v) is 5.02. The first-order valence-corrected chi connectivity index (χ1v) is 8.49. The molecule has 0 aromatic heterocycles. The van der Waals surface area contributed by atoms with Gasteiger partial charge in [-0.15, -0.1) is 0 Å². The summed E-state index contributed by atoms with van der Waals surface area (Å²) >= 11 is 0. The van der Waals surface area contributed by atoms with Crippen molar-refractivity contribution in [1.29, 1.82) is 0 Å². The van der Waals surface area contributed by atoms with E-state index >= 15 is 0 Å². The van der Waals surface area contributed by atoms with Crippen LogP contribution in [0.3, 0.4) is 0 Å². The maximum Gasteiger partial charge on any atom is 0.217 e. The zero-order valence-electron chi connectivity index (χ0n) is 10.8. The molecule has 0 heterocycles. The van der Waals surface area contributed by atoms with Crippen LogP contribution in [0.2, 0.25) is 0 Å². The molecule has 0 unspecified atom stereocenters. The van der Waals surface area contributed by atoms with Gasteiger partial charge in [-0.3, -0.25) is 4.79 Å². The number of hydrogen-bond acceptors (Lipinski definition) is 3. The van der Waals surface area contributed by atoms with Crippen molar-refractivity contribution in [1.82, 2.24) is 0 Å². The van der Waals surface area contributed by atoms with Crippen LogP contribution in [-0.4, -0.2) is 17.4 Å². The molecule has 4 heteroatoms. The van der Waals surface area contributed by atoms with Crippen molar-refractivity contribution in [2.75, 3.05) is 11.5 Å². The maximum atomic E-state index is 10.5. The molecule has 0 saturated heterocycles. The number of primary amides is 1. The summed E-state index contributed by atoms with van der Waals surface area (Å²) in [5, 5.41) is 0. The minimum absolute atomic E-state index is 0.185. The highest BCUT2D eigenvalue weighted by Gasteiger charge is 2.15. The van der Waals surface area contributed by atoms with Crippen molar-refractivity contribution >= 4 is 27.5 Å². The van der Waals surface area contributed by atoms with Crippen LogP contribution in [0.4, 0.5) is 0 Å². The summed E-state index contributed by atoms with van der Waals surface area (Å²) in [5.41, 5.74) is 5.55. The van der Waals surface area contributed by atoms with E-state index in [1.54, 1.807) is 0 Å². The van der Waals surface area contributed by atoms with E-state index in [1.807, 2.05) is 21.6 Å². The highest BCUT2D eigenvalue weighted by atomic mass is 33.1. The molecule has 0 fully saturated rings. The Hall–Kier alpha value is 0.170. The molecule has 2 nitrogen and oxygen atoms in total. The van der Waals surface area contributed by atoms with Gasteiger partial charge in [-0.25, -0.2) is 0 Å². The Bertz CT molecular complexity index is 195. The molecule has 0 bridgehead atoms. The third kappa shape index (κ3) is 10.7. The molecular formula is C12H25NOS2. The Morgan fingerprint density at radius 3 is 2.38 bits per heavy atom. The fourth-order valence-electron chi connectivity index (χ4n) is 1.54. The largest absolute Gasteiger partial charge is 0.370 e. The van der Waals surface area contributed by atoms with Gasteiger partial charge in [-0.1, -0.05) is 48.8 Å². The summed E-state index contributed by atoms with van der Waals surface area (Å²) in [6, 6.07) is 0. The van der Waals surface area contributed by atoms with E-state index in [1.165, 1.54) is 25.0 Å². The predicted molar refractivity (Wildman–Crippen MR) is 76.7 cm³/mol. The second-order valence-corrected chi connectivity index (χ2v) is 7.58. The minimum atomic E-state index is -0.185. The lowest BCUT2D eigenvalue weighted by Gasteiger charge is -2.23. The molecular weight excluding hydrogens is 238 g/mol. The Kier molecular flexibility index (Phi) is 9.32. The van der Waals surface area contributed by atoms with Crippen LogP contribution in [0.25, 0.3) is 0 Å². The van der Waals surface area contributed by atoms with Gasteiger partial charge in [0, 0.05) is 17.9 Å². The average Bonchev–Trinajstić information content (AvgIpc) is 2.15. The monoisotopic (exact) mass is 263 g/mol. The van der Waals surface area contributed by atoms with Gasteiger partial charge >= 0.3 is 0 Å². The van der Waals surface area contributed by atoms with Gasteiger partial charge in [0.25, 0.3) is 0 Å². The smallest absolute Gasteiger partial charge is 0.217 e. The van der Waals surface area contributed by atoms with Crippen LogP contribution >= 0.6 is 21.6 Å². The fraction of sp³-hybridized carbons (Fsp3) is 0.917. The van der Waals surface area contributed by atoms with Gasteiger partial charge in [-0.05, 0) is 24.7 Å². The number of carbonyl (C=O) groups is 1. The highest BCUT2D eigenvalue weighted by Crippen LogP contribution is 2.31. The Labute approximate surface area is 108 Å². The van der Waals surface area contributed by atoms with E-state index in [-0.39, 0.29) is 5.91 Å². The molecule has 0 saturated carbocycles. The molecule has 0 rings (SSSR count). The van der Waals surface area contributed by atoms with Crippen molar-refractivity contribution < 1.29 is 4.79 Å². The van der Waals surface area contributed by atoms with Crippen LogP contribution in [0.15, 0.2) is 0 Å². The summed E-state index contributed by atoms with van der Waals surface area (Å²) in [6.45, 7) is 6.93. The number of carbonyl (C=O) groups excluding carboxylic acids is 1. The van der Waals surface area contributed by atoms with Crippen molar-refractivity contribution in [2.24, 2.45) is 11.1 Å². The number of rotatable bonds is 10. The Balaban J connectivity index is 3.29. The van der Waals surface area contributed by atoms with Crippen LogP contribution in [0.5, 0.6) is 0 Å². The van der Waals surface area contributed by atoms with Gasteiger partial charge in [0.05, 0.1) is 0 Å². The standard InChI is InChI=1S/C12H25NOS2/c1-4-7-12(2,3)8-10-16-15-9-5-6-11(13)14/h4-10H2,1-3H3,(H2,13,14). The van der Waals surface area contributed by atoms with Gasteiger partial charge in [0.1, 0.15) is 0 Å². The van der Waals surface area contributed by atoms with Crippen molar-refractivity contribution in [2.45, 2.75) is 52.9 Å². The summed E-state index contributed by atoms with van der Waals surface area (Å²) in [7, 11) is 3.79. The summed E-state index contributed by atoms with van der Waals surface area (Å²) in [5.74, 6) is 2.05. The molecule has 96 valence electrons. The van der Waals surface area contributed by atoms with Gasteiger partial charge < -0.3 is 5.73 Å². The zero-order valence-corrected chi connectivity index (χ0v) is 12.4. The predicted octanol–water partition coefficient (Wildman–Crippen LogP) is 3.85. The van der Waals surface area contributed by atoms with Crippen molar-refractivity contribution in [3.63, 3.8) is 0 Å². The van der Waals surface area contributed by atoms with Crippen LogP contribution < -0.4 is 5.73 Å². The van der Waals surface area contributed by atoms with E-state index < -0.39 is 0 Å².